The molecule has 0 spiro atoms. The number of aromatic nitrogens is 2. The highest BCUT2D eigenvalue weighted by Gasteiger charge is 2.16. The second-order valence-electron chi connectivity index (χ2n) is 6.17. The monoisotopic (exact) mass is 298 g/mol. The van der Waals surface area contributed by atoms with Gasteiger partial charge in [0.25, 0.3) is 5.91 Å². The van der Waals surface area contributed by atoms with Crippen molar-refractivity contribution in [2.75, 3.05) is 12.4 Å². The van der Waals surface area contributed by atoms with E-state index in [4.69, 9.17) is 0 Å². The molecule has 2 aromatic rings. The van der Waals surface area contributed by atoms with E-state index in [-0.39, 0.29) is 11.3 Å². The molecule has 1 heterocycles. The van der Waals surface area contributed by atoms with Crippen molar-refractivity contribution in [1.29, 1.82) is 0 Å². The van der Waals surface area contributed by atoms with Crippen LogP contribution in [0.2, 0.25) is 0 Å². The molecule has 2 N–H and O–H groups in total. The third-order valence-corrected chi connectivity index (χ3v) is 3.26. The summed E-state index contributed by atoms with van der Waals surface area (Å²) in [6.45, 7) is 6.92. The van der Waals surface area contributed by atoms with Crippen LogP contribution >= 0.6 is 0 Å². The molecule has 1 aromatic carbocycles. The van der Waals surface area contributed by atoms with Crippen LogP contribution in [0, 0.1) is 0 Å². The Kier molecular flexibility index (Phi) is 4.75. The van der Waals surface area contributed by atoms with Crippen LogP contribution in [0.4, 0.5) is 5.69 Å². The number of benzene rings is 1. The van der Waals surface area contributed by atoms with Gasteiger partial charge in [0, 0.05) is 24.6 Å². The summed E-state index contributed by atoms with van der Waals surface area (Å²) in [5.41, 5.74) is 2.58. The standard InChI is InChI=1S/C17H22N4O/c1-17(2,3)16-20-10-14(11-21-16)19-9-12-5-7-13(8-6-12)15(22)18-4/h5-8,10-11,19H,9H2,1-4H3,(H,18,22). The number of anilines is 1. The molecule has 22 heavy (non-hydrogen) atoms. The quantitative estimate of drug-likeness (QED) is 0.911. The molecule has 0 aliphatic rings. The van der Waals surface area contributed by atoms with E-state index in [1.54, 1.807) is 19.4 Å². The predicted octanol–water partition coefficient (Wildman–Crippen LogP) is 2.75. The van der Waals surface area contributed by atoms with Gasteiger partial charge < -0.3 is 10.6 Å². The number of carbonyl (C=O) groups is 1. The highest BCUT2D eigenvalue weighted by atomic mass is 16.1. The van der Waals surface area contributed by atoms with Crippen molar-refractivity contribution in [2.24, 2.45) is 0 Å². The number of amides is 1. The van der Waals surface area contributed by atoms with Gasteiger partial charge in [0.1, 0.15) is 5.82 Å². The van der Waals surface area contributed by atoms with Crippen LogP contribution in [0.1, 0.15) is 42.5 Å². The minimum Gasteiger partial charge on any atom is -0.378 e. The van der Waals surface area contributed by atoms with E-state index in [1.807, 2.05) is 24.3 Å². The second-order valence-corrected chi connectivity index (χ2v) is 6.17. The van der Waals surface area contributed by atoms with E-state index < -0.39 is 0 Å². The molecule has 0 fully saturated rings. The van der Waals surface area contributed by atoms with E-state index in [2.05, 4.69) is 41.4 Å². The van der Waals surface area contributed by atoms with Crippen LogP contribution < -0.4 is 10.6 Å². The molecule has 0 radical (unpaired) electrons. The van der Waals surface area contributed by atoms with Crippen LogP contribution in [-0.2, 0) is 12.0 Å². The highest BCUT2D eigenvalue weighted by Crippen LogP contribution is 2.18. The molecular formula is C17H22N4O. The van der Waals surface area contributed by atoms with Gasteiger partial charge >= 0.3 is 0 Å². The number of hydrogen-bond acceptors (Lipinski definition) is 4. The average molecular weight is 298 g/mol. The molecule has 1 aromatic heterocycles. The third kappa shape index (κ3) is 4.04. The number of nitrogens with zero attached hydrogens (tertiary/aromatic N) is 2. The molecule has 116 valence electrons. The van der Waals surface area contributed by atoms with Gasteiger partial charge in [-0.05, 0) is 17.7 Å². The molecule has 0 atom stereocenters. The SMILES string of the molecule is CNC(=O)c1ccc(CNc2cnc(C(C)(C)C)nc2)cc1. The smallest absolute Gasteiger partial charge is 0.251 e. The fourth-order valence-corrected chi connectivity index (χ4v) is 1.93. The summed E-state index contributed by atoms with van der Waals surface area (Å²) >= 11 is 0. The molecule has 1 amide bonds. The Balaban J connectivity index is 1.97. The molecule has 2 rings (SSSR count). The first-order valence-corrected chi connectivity index (χ1v) is 7.27. The summed E-state index contributed by atoms with van der Waals surface area (Å²) < 4.78 is 0. The van der Waals surface area contributed by atoms with Gasteiger partial charge in [-0.1, -0.05) is 32.9 Å². The lowest BCUT2D eigenvalue weighted by atomic mass is 9.96. The van der Waals surface area contributed by atoms with E-state index in [0.29, 0.717) is 12.1 Å². The zero-order valence-corrected chi connectivity index (χ0v) is 13.5. The summed E-state index contributed by atoms with van der Waals surface area (Å²) in [4.78, 5) is 20.2. The fraction of sp³-hybridized carbons (Fsp3) is 0.353. The molecule has 5 nitrogen and oxygen atoms in total. The summed E-state index contributed by atoms with van der Waals surface area (Å²) in [5, 5.41) is 5.88. The summed E-state index contributed by atoms with van der Waals surface area (Å²) in [6.07, 6.45) is 3.60. The Morgan fingerprint density at radius 3 is 2.18 bits per heavy atom. The van der Waals surface area contributed by atoms with Crippen molar-refractivity contribution in [3.63, 3.8) is 0 Å². The van der Waals surface area contributed by atoms with Crippen LogP contribution in [0.5, 0.6) is 0 Å². The zero-order chi connectivity index (χ0) is 16.2. The van der Waals surface area contributed by atoms with Gasteiger partial charge in [0.15, 0.2) is 0 Å². The lowest BCUT2D eigenvalue weighted by molar-refractivity contribution is 0.0963. The predicted molar refractivity (Wildman–Crippen MR) is 87.9 cm³/mol. The van der Waals surface area contributed by atoms with Crippen molar-refractivity contribution in [2.45, 2.75) is 32.7 Å². The molecular weight excluding hydrogens is 276 g/mol. The minimum atomic E-state index is -0.0781. The van der Waals surface area contributed by atoms with E-state index in [0.717, 1.165) is 17.1 Å². The Morgan fingerprint density at radius 1 is 1.09 bits per heavy atom. The van der Waals surface area contributed by atoms with Crippen molar-refractivity contribution < 1.29 is 4.79 Å². The Labute approximate surface area is 131 Å². The Bertz CT molecular complexity index is 627. The summed E-state index contributed by atoms with van der Waals surface area (Å²) in [7, 11) is 1.62. The van der Waals surface area contributed by atoms with Gasteiger partial charge in [0.05, 0.1) is 18.1 Å². The average Bonchev–Trinajstić information content (AvgIpc) is 2.52. The number of rotatable bonds is 4. The van der Waals surface area contributed by atoms with E-state index >= 15 is 0 Å². The van der Waals surface area contributed by atoms with Gasteiger partial charge in [-0.25, -0.2) is 9.97 Å². The van der Waals surface area contributed by atoms with Gasteiger partial charge in [0.2, 0.25) is 0 Å². The topological polar surface area (TPSA) is 66.9 Å². The first-order chi connectivity index (χ1) is 10.4. The fourth-order valence-electron chi connectivity index (χ4n) is 1.93. The zero-order valence-electron chi connectivity index (χ0n) is 13.5. The van der Waals surface area contributed by atoms with Crippen LogP contribution in [0.25, 0.3) is 0 Å². The maximum atomic E-state index is 11.5. The normalized spacial score (nSPS) is 11.1. The summed E-state index contributed by atoms with van der Waals surface area (Å²) in [6, 6.07) is 7.49. The van der Waals surface area contributed by atoms with Gasteiger partial charge in [-0.3, -0.25) is 4.79 Å². The van der Waals surface area contributed by atoms with E-state index in [1.165, 1.54) is 0 Å². The van der Waals surface area contributed by atoms with Gasteiger partial charge in [-0.15, -0.1) is 0 Å². The van der Waals surface area contributed by atoms with Crippen molar-refractivity contribution in [3.05, 3.63) is 53.6 Å². The molecule has 0 saturated heterocycles. The molecule has 0 saturated carbocycles. The first kappa shape index (κ1) is 15.9. The maximum absolute atomic E-state index is 11.5. The maximum Gasteiger partial charge on any atom is 0.251 e. The molecule has 0 aliphatic carbocycles. The Morgan fingerprint density at radius 2 is 1.68 bits per heavy atom. The molecule has 0 unspecified atom stereocenters. The van der Waals surface area contributed by atoms with Gasteiger partial charge in [-0.2, -0.15) is 0 Å². The number of hydrogen-bond donors (Lipinski definition) is 2. The number of carbonyl (C=O) groups excluding carboxylic acids is 1. The van der Waals surface area contributed by atoms with E-state index in [9.17, 15) is 4.79 Å². The highest BCUT2D eigenvalue weighted by molar-refractivity contribution is 5.93. The first-order valence-electron chi connectivity index (χ1n) is 7.27. The van der Waals surface area contributed by atoms with Crippen LogP contribution in [0.15, 0.2) is 36.7 Å². The minimum absolute atomic E-state index is 0.0474. The number of nitrogens with one attached hydrogen (secondary N) is 2. The molecule has 0 bridgehead atoms. The molecule has 0 aliphatic heterocycles. The lowest BCUT2D eigenvalue weighted by Crippen LogP contribution is -2.17. The summed E-state index contributed by atoms with van der Waals surface area (Å²) in [5.74, 6) is 0.749. The van der Waals surface area contributed by atoms with Crippen LogP contribution in [-0.4, -0.2) is 22.9 Å². The van der Waals surface area contributed by atoms with Crippen molar-refractivity contribution in [3.8, 4) is 0 Å². The molecule has 5 heteroatoms. The van der Waals surface area contributed by atoms with Crippen molar-refractivity contribution in [1.82, 2.24) is 15.3 Å². The third-order valence-electron chi connectivity index (χ3n) is 3.26. The van der Waals surface area contributed by atoms with Crippen LogP contribution in [0.3, 0.4) is 0 Å². The van der Waals surface area contributed by atoms with Crippen molar-refractivity contribution >= 4 is 11.6 Å². The second kappa shape index (κ2) is 6.56. The lowest BCUT2D eigenvalue weighted by Gasteiger charge is -2.16. The largest absolute Gasteiger partial charge is 0.378 e. The Hall–Kier alpha value is -2.43.